The number of hydrogen-bond donors (Lipinski definition) is 1. The van der Waals surface area contributed by atoms with Crippen molar-refractivity contribution >= 4 is 11.6 Å². The van der Waals surface area contributed by atoms with Gasteiger partial charge in [-0.1, -0.05) is 29.8 Å². The van der Waals surface area contributed by atoms with Gasteiger partial charge in [0, 0.05) is 17.6 Å². The first-order valence-electron chi connectivity index (χ1n) is 7.10. The largest absolute Gasteiger partial charge is 0.493 e. The molecule has 0 bridgehead atoms. The summed E-state index contributed by atoms with van der Waals surface area (Å²) in [7, 11) is 1.41. The molecule has 0 aliphatic heterocycles. The molecule has 2 aromatic carbocycles. The van der Waals surface area contributed by atoms with Gasteiger partial charge in [0.05, 0.1) is 7.11 Å². The van der Waals surface area contributed by atoms with Crippen LogP contribution in [0.3, 0.4) is 0 Å². The quantitative estimate of drug-likeness (QED) is 0.784. The third-order valence-corrected chi connectivity index (χ3v) is 3.68. The molecule has 1 N–H and O–H groups in total. The molecule has 23 heavy (non-hydrogen) atoms. The molecular formula is C17H18ClF2NO2. The van der Waals surface area contributed by atoms with E-state index in [9.17, 15) is 8.78 Å². The van der Waals surface area contributed by atoms with Crippen LogP contribution in [-0.2, 0) is 6.54 Å². The average Bonchev–Trinajstić information content (AvgIpc) is 2.53. The maximum Gasteiger partial charge on any atom is 0.387 e. The van der Waals surface area contributed by atoms with Gasteiger partial charge in [0.25, 0.3) is 0 Å². The fourth-order valence-corrected chi connectivity index (χ4v) is 2.29. The van der Waals surface area contributed by atoms with Gasteiger partial charge in [0.2, 0.25) is 0 Å². The van der Waals surface area contributed by atoms with Crippen LogP contribution in [0.5, 0.6) is 11.5 Å². The summed E-state index contributed by atoms with van der Waals surface area (Å²) in [5.41, 5.74) is 1.91. The lowest BCUT2D eigenvalue weighted by molar-refractivity contribution is -0.0512. The number of ether oxygens (including phenoxy) is 2. The predicted molar refractivity (Wildman–Crippen MR) is 86.3 cm³/mol. The SMILES string of the molecule is COc1ccc(CNC(C)c2ccc(Cl)cc2)cc1OC(F)F. The summed E-state index contributed by atoms with van der Waals surface area (Å²) in [4.78, 5) is 0. The van der Waals surface area contributed by atoms with Crippen LogP contribution in [0, 0.1) is 0 Å². The van der Waals surface area contributed by atoms with Gasteiger partial charge in [-0.05, 0) is 42.3 Å². The Hall–Kier alpha value is -1.85. The van der Waals surface area contributed by atoms with Crippen molar-refractivity contribution < 1.29 is 18.3 Å². The zero-order valence-corrected chi connectivity index (χ0v) is 13.6. The molecule has 0 spiro atoms. The lowest BCUT2D eigenvalue weighted by atomic mass is 10.1. The maximum atomic E-state index is 12.4. The second-order valence-electron chi connectivity index (χ2n) is 5.02. The smallest absolute Gasteiger partial charge is 0.387 e. The van der Waals surface area contributed by atoms with Gasteiger partial charge in [-0.25, -0.2) is 0 Å². The summed E-state index contributed by atoms with van der Waals surface area (Å²) in [5.74, 6) is 0.306. The van der Waals surface area contributed by atoms with Crippen LogP contribution in [0.25, 0.3) is 0 Å². The Morgan fingerprint density at radius 3 is 2.39 bits per heavy atom. The van der Waals surface area contributed by atoms with Crippen molar-refractivity contribution in [3.05, 3.63) is 58.6 Å². The molecule has 0 saturated carbocycles. The van der Waals surface area contributed by atoms with Gasteiger partial charge in [0.1, 0.15) is 0 Å². The van der Waals surface area contributed by atoms with E-state index in [1.165, 1.54) is 7.11 Å². The summed E-state index contributed by atoms with van der Waals surface area (Å²) in [6.07, 6.45) is 0. The number of halogens is 3. The van der Waals surface area contributed by atoms with E-state index in [4.69, 9.17) is 16.3 Å². The van der Waals surface area contributed by atoms with E-state index in [1.54, 1.807) is 18.2 Å². The number of hydrogen-bond acceptors (Lipinski definition) is 3. The van der Waals surface area contributed by atoms with Crippen LogP contribution in [0.15, 0.2) is 42.5 Å². The van der Waals surface area contributed by atoms with Gasteiger partial charge < -0.3 is 14.8 Å². The molecule has 3 nitrogen and oxygen atoms in total. The van der Waals surface area contributed by atoms with Crippen molar-refractivity contribution in [2.75, 3.05) is 7.11 Å². The van der Waals surface area contributed by atoms with Crippen molar-refractivity contribution in [2.45, 2.75) is 26.1 Å². The van der Waals surface area contributed by atoms with Gasteiger partial charge >= 0.3 is 6.61 Å². The zero-order valence-electron chi connectivity index (χ0n) is 12.9. The summed E-state index contributed by atoms with van der Waals surface area (Å²) >= 11 is 5.87. The van der Waals surface area contributed by atoms with E-state index < -0.39 is 6.61 Å². The van der Waals surface area contributed by atoms with Crippen molar-refractivity contribution in [1.82, 2.24) is 5.32 Å². The molecule has 1 unspecified atom stereocenters. The second-order valence-corrected chi connectivity index (χ2v) is 5.45. The Morgan fingerprint density at radius 2 is 1.78 bits per heavy atom. The number of alkyl halides is 2. The molecule has 0 saturated heterocycles. The Kier molecular flexibility index (Phi) is 6.19. The molecule has 0 aliphatic carbocycles. The highest BCUT2D eigenvalue weighted by molar-refractivity contribution is 6.30. The molecule has 0 aromatic heterocycles. The van der Waals surface area contributed by atoms with E-state index >= 15 is 0 Å². The van der Waals surface area contributed by atoms with Crippen LogP contribution in [0.1, 0.15) is 24.1 Å². The third kappa shape index (κ3) is 5.08. The molecular weight excluding hydrogens is 324 g/mol. The molecule has 0 radical (unpaired) electrons. The standard InChI is InChI=1S/C17H18ClF2NO2/c1-11(13-4-6-14(18)7-5-13)21-10-12-3-8-15(22-2)16(9-12)23-17(19)20/h3-9,11,17,21H,10H2,1-2H3. The minimum Gasteiger partial charge on any atom is -0.493 e. The van der Waals surface area contributed by atoms with E-state index in [-0.39, 0.29) is 17.5 Å². The number of rotatable bonds is 7. The monoisotopic (exact) mass is 341 g/mol. The van der Waals surface area contributed by atoms with Crippen molar-refractivity contribution in [3.63, 3.8) is 0 Å². The van der Waals surface area contributed by atoms with E-state index in [1.807, 2.05) is 31.2 Å². The number of nitrogens with one attached hydrogen (secondary N) is 1. The average molecular weight is 342 g/mol. The first kappa shape index (κ1) is 17.5. The number of benzene rings is 2. The molecule has 2 aromatic rings. The molecule has 0 fully saturated rings. The lowest BCUT2D eigenvalue weighted by Crippen LogP contribution is -2.18. The van der Waals surface area contributed by atoms with Crippen LogP contribution < -0.4 is 14.8 Å². The maximum absolute atomic E-state index is 12.4. The summed E-state index contributed by atoms with van der Waals surface area (Å²) in [6.45, 7) is -0.364. The van der Waals surface area contributed by atoms with Crippen molar-refractivity contribution in [2.24, 2.45) is 0 Å². The highest BCUT2D eigenvalue weighted by Gasteiger charge is 2.12. The Morgan fingerprint density at radius 1 is 1.09 bits per heavy atom. The summed E-state index contributed by atoms with van der Waals surface area (Å²) < 4.78 is 34.4. The first-order chi connectivity index (χ1) is 11.0. The van der Waals surface area contributed by atoms with Crippen molar-refractivity contribution in [3.8, 4) is 11.5 Å². The minimum absolute atomic E-state index is 0.0287. The molecule has 0 aliphatic rings. The summed E-state index contributed by atoms with van der Waals surface area (Å²) in [5, 5.41) is 4.01. The Balaban J connectivity index is 2.03. The van der Waals surface area contributed by atoms with Gasteiger partial charge in [-0.15, -0.1) is 0 Å². The fraction of sp³-hybridized carbons (Fsp3) is 0.294. The van der Waals surface area contributed by atoms with Crippen LogP contribution in [0.4, 0.5) is 8.78 Å². The Labute approximate surface area is 139 Å². The molecule has 2 rings (SSSR count). The Bertz CT molecular complexity index is 635. The molecule has 124 valence electrons. The van der Waals surface area contributed by atoms with Crippen LogP contribution >= 0.6 is 11.6 Å². The van der Waals surface area contributed by atoms with E-state index in [0.29, 0.717) is 11.6 Å². The van der Waals surface area contributed by atoms with Gasteiger partial charge in [-0.2, -0.15) is 8.78 Å². The van der Waals surface area contributed by atoms with Crippen molar-refractivity contribution in [1.29, 1.82) is 0 Å². The molecule has 0 heterocycles. The third-order valence-electron chi connectivity index (χ3n) is 3.43. The lowest BCUT2D eigenvalue weighted by Gasteiger charge is -2.16. The highest BCUT2D eigenvalue weighted by Crippen LogP contribution is 2.29. The van der Waals surface area contributed by atoms with Crippen LogP contribution in [0.2, 0.25) is 5.02 Å². The normalized spacial score (nSPS) is 12.3. The summed E-state index contributed by atoms with van der Waals surface area (Å²) in [6, 6.07) is 12.6. The molecule has 6 heteroatoms. The van der Waals surface area contributed by atoms with Gasteiger partial charge in [-0.3, -0.25) is 0 Å². The first-order valence-corrected chi connectivity index (χ1v) is 7.48. The van der Waals surface area contributed by atoms with E-state index in [2.05, 4.69) is 10.1 Å². The van der Waals surface area contributed by atoms with Gasteiger partial charge in [0.15, 0.2) is 11.5 Å². The second kappa shape index (κ2) is 8.13. The van der Waals surface area contributed by atoms with E-state index in [0.717, 1.165) is 11.1 Å². The highest BCUT2D eigenvalue weighted by atomic mass is 35.5. The minimum atomic E-state index is -2.89. The predicted octanol–water partition coefficient (Wildman–Crippen LogP) is 4.80. The zero-order chi connectivity index (χ0) is 16.8. The molecule has 1 atom stereocenters. The van der Waals surface area contributed by atoms with Crippen LogP contribution in [-0.4, -0.2) is 13.7 Å². The fourth-order valence-electron chi connectivity index (χ4n) is 2.16. The molecule has 0 amide bonds. The number of methoxy groups -OCH3 is 1. The topological polar surface area (TPSA) is 30.5 Å².